The van der Waals surface area contributed by atoms with E-state index in [-0.39, 0.29) is 19.1 Å². The van der Waals surface area contributed by atoms with Crippen LogP contribution in [0, 0.1) is 0 Å². The van der Waals surface area contributed by atoms with Gasteiger partial charge >= 0.3 is 8.25 Å². The molecule has 0 bridgehead atoms. The van der Waals surface area contributed by atoms with Crippen molar-refractivity contribution < 1.29 is 18.8 Å². The predicted octanol–water partition coefficient (Wildman–Crippen LogP) is 0.451. The van der Waals surface area contributed by atoms with Crippen LogP contribution in [0.2, 0.25) is 0 Å². The van der Waals surface area contributed by atoms with E-state index in [2.05, 4.69) is 9.84 Å². The van der Waals surface area contributed by atoms with Gasteiger partial charge in [-0.15, -0.1) is 4.52 Å². The zero-order valence-electron chi connectivity index (χ0n) is 7.88. The number of carbonyl (C=O) groups is 1. The molecule has 0 aromatic heterocycles. The van der Waals surface area contributed by atoms with Gasteiger partial charge in [-0.2, -0.15) is 0 Å². The summed E-state index contributed by atoms with van der Waals surface area (Å²) < 4.78 is 14.3. The molecule has 1 aromatic carbocycles. The standard InChI is InChI=1S/C9H10NO4P/c11-9(8-4-2-1-3-5-8)10-6-7-14-15(12)13/h1-5H,6-7H2,(H,10,11). The molecule has 0 aliphatic rings. The first kappa shape index (κ1) is 11.8. The smallest absolute Gasteiger partial charge is 0.488 e. The summed E-state index contributed by atoms with van der Waals surface area (Å²) in [4.78, 5) is 21.4. The Morgan fingerprint density at radius 3 is 2.67 bits per heavy atom. The molecule has 1 unspecified atom stereocenters. The molecular weight excluding hydrogens is 217 g/mol. The van der Waals surface area contributed by atoms with Crippen molar-refractivity contribution in [3.05, 3.63) is 35.9 Å². The Hall–Kier alpha value is -1.29. The molecule has 0 aliphatic carbocycles. The summed E-state index contributed by atoms with van der Waals surface area (Å²) in [5, 5.41) is 2.52. The van der Waals surface area contributed by atoms with E-state index in [0.29, 0.717) is 5.56 Å². The summed E-state index contributed by atoms with van der Waals surface area (Å²) in [6.45, 7) is 0.119. The van der Waals surface area contributed by atoms with Crippen molar-refractivity contribution in [3.63, 3.8) is 0 Å². The average molecular weight is 227 g/mol. The molecule has 0 radical (unpaired) electrons. The molecule has 1 atom stereocenters. The largest absolute Gasteiger partial charge is 0.566 e. The monoisotopic (exact) mass is 227 g/mol. The minimum atomic E-state index is -2.84. The topological polar surface area (TPSA) is 78.5 Å². The van der Waals surface area contributed by atoms with Gasteiger partial charge in [0.25, 0.3) is 5.91 Å². The number of nitrogens with one attached hydrogen (secondary N) is 1. The Bertz CT molecular complexity index is 341. The minimum absolute atomic E-state index is 0.0444. The van der Waals surface area contributed by atoms with Gasteiger partial charge in [-0.05, 0) is 16.7 Å². The molecule has 1 N–H and O–H groups in total. The molecule has 0 aliphatic heterocycles. The molecule has 1 amide bonds. The maximum Gasteiger partial charge on any atom is 0.488 e. The van der Waals surface area contributed by atoms with Crippen LogP contribution in [0.25, 0.3) is 0 Å². The van der Waals surface area contributed by atoms with Crippen LogP contribution in [0.1, 0.15) is 10.4 Å². The lowest BCUT2D eigenvalue weighted by molar-refractivity contribution is -0.185. The third kappa shape index (κ3) is 4.65. The van der Waals surface area contributed by atoms with Crippen LogP contribution in [0.15, 0.2) is 30.3 Å². The third-order valence-electron chi connectivity index (χ3n) is 1.62. The predicted molar refractivity (Wildman–Crippen MR) is 52.3 cm³/mol. The van der Waals surface area contributed by atoms with Gasteiger partial charge < -0.3 is 10.2 Å². The Balaban J connectivity index is 2.28. The van der Waals surface area contributed by atoms with Gasteiger partial charge in [0.15, 0.2) is 0 Å². The highest BCUT2D eigenvalue weighted by atomic mass is 31.1. The first-order valence-electron chi connectivity index (χ1n) is 4.30. The molecule has 0 fully saturated rings. The second-order valence-corrected chi connectivity index (χ2v) is 3.38. The lowest BCUT2D eigenvalue weighted by Crippen LogP contribution is -2.26. The molecule has 1 aromatic rings. The van der Waals surface area contributed by atoms with Crippen molar-refractivity contribution in [2.45, 2.75) is 0 Å². The van der Waals surface area contributed by atoms with E-state index >= 15 is 0 Å². The molecule has 5 nitrogen and oxygen atoms in total. The summed E-state index contributed by atoms with van der Waals surface area (Å²) in [5.41, 5.74) is 0.531. The van der Waals surface area contributed by atoms with Crippen LogP contribution in [0.5, 0.6) is 0 Å². The Labute approximate surface area is 88.0 Å². The molecule has 0 spiro atoms. The number of benzene rings is 1. The van der Waals surface area contributed by atoms with Crippen molar-refractivity contribution in [1.29, 1.82) is 0 Å². The maximum atomic E-state index is 11.4. The molecule has 6 heteroatoms. The fraction of sp³-hybridized carbons (Fsp3) is 0.222. The zero-order valence-corrected chi connectivity index (χ0v) is 8.78. The summed E-state index contributed by atoms with van der Waals surface area (Å²) >= 11 is 0. The van der Waals surface area contributed by atoms with Crippen molar-refractivity contribution >= 4 is 14.2 Å². The van der Waals surface area contributed by atoms with Crippen LogP contribution < -0.4 is 10.2 Å². The van der Waals surface area contributed by atoms with Crippen molar-refractivity contribution in [2.75, 3.05) is 13.2 Å². The van der Waals surface area contributed by atoms with Crippen molar-refractivity contribution in [1.82, 2.24) is 5.32 Å². The third-order valence-corrected chi connectivity index (χ3v) is 2.01. The van der Waals surface area contributed by atoms with Gasteiger partial charge in [0.2, 0.25) is 0 Å². The van der Waals surface area contributed by atoms with Gasteiger partial charge in [-0.25, -0.2) is 0 Å². The van der Waals surface area contributed by atoms with Gasteiger partial charge in [0.1, 0.15) is 6.61 Å². The fourth-order valence-electron chi connectivity index (χ4n) is 0.976. The number of hydrogen-bond donors (Lipinski definition) is 1. The lowest BCUT2D eigenvalue weighted by Gasteiger charge is -2.02. The van der Waals surface area contributed by atoms with E-state index in [1.54, 1.807) is 24.3 Å². The van der Waals surface area contributed by atoms with Gasteiger partial charge in [-0.1, -0.05) is 18.2 Å². The van der Waals surface area contributed by atoms with Crippen molar-refractivity contribution in [3.8, 4) is 0 Å². The highest BCUT2D eigenvalue weighted by Gasteiger charge is 2.05. The molecule has 0 saturated heterocycles. The highest BCUT2D eigenvalue weighted by molar-refractivity contribution is 7.30. The minimum Gasteiger partial charge on any atom is -0.566 e. The number of rotatable bonds is 5. The van der Waals surface area contributed by atoms with Gasteiger partial charge in [-0.3, -0.25) is 4.79 Å². The van der Waals surface area contributed by atoms with E-state index in [1.807, 2.05) is 6.07 Å². The molecule has 0 saturated carbocycles. The molecule has 80 valence electrons. The van der Waals surface area contributed by atoms with Crippen LogP contribution in [-0.2, 0) is 9.09 Å². The highest BCUT2D eigenvalue weighted by Crippen LogP contribution is 2.06. The van der Waals surface area contributed by atoms with Crippen LogP contribution in [-0.4, -0.2) is 19.1 Å². The Kier molecular flexibility index (Phi) is 4.90. The molecule has 0 heterocycles. The normalized spacial score (nSPS) is 10.9. The summed E-state index contributed by atoms with van der Waals surface area (Å²) in [6, 6.07) is 8.65. The van der Waals surface area contributed by atoms with Crippen LogP contribution >= 0.6 is 8.25 Å². The lowest BCUT2D eigenvalue weighted by atomic mass is 10.2. The van der Waals surface area contributed by atoms with E-state index < -0.39 is 8.25 Å². The Morgan fingerprint density at radius 1 is 1.40 bits per heavy atom. The SMILES string of the molecule is O=C(NCCO[P+](=O)[O-])c1ccccc1. The van der Waals surface area contributed by atoms with Crippen LogP contribution in [0.3, 0.4) is 0 Å². The quantitative estimate of drug-likeness (QED) is 0.585. The van der Waals surface area contributed by atoms with Gasteiger partial charge in [0.05, 0.1) is 0 Å². The second kappa shape index (κ2) is 6.24. The average Bonchev–Trinajstić information content (AvgIpc) is 2.25. The number of carbonyl (C=O) groups excluding carboxylic acids is 1. The first-order valence-corrected chi connectivity index (χ1v) is 5.40. The Morgan fingerprint density at radius 2 is 2.07 bits per heavy atom. The van der Waals surface area contributed by atoms with E-state index in [0.717, 1.165) is 0 Å². The number of amides is 1. The summed E-state index contributed by atoms with van der Waals surface area (Å²) in [6.07, 6.45) is 0. The molecule has 15 heavy (non-hydrogen) atoms. The molecular formula is C9H10NO4P. The summed E-state index contributed by atoms with van der Waals surface area (Å²) in [5.74, 6) is -0.250. The van der Waals surface area contributed by atoms with E-state index in [9.17, 15) is 14.3 Å². The van der Waals surface area contributed by atoms with E-state index in [1.165, 1.54) is 0 Å². The molecule has 1 rings (SSSR count). The summed E-state index contributed by atoms with van der Waals surface area (Å²) in [7, 11) is -2.84. The van der Waals surface area contributed by atoms with E-state index in [4.69, 9.17) is 0 Å². The number of hydrogen-bond acceptors (Lipinski definition) is 4. The fourth-order valence-corrected chi connectivity index (χ4v) is 1.22. The second-order valence-electron chi connectivity index (χ2n) is 2.68. The van der Waals surface area contributed by atoms with Gasteiger partial charge in [0, 0.05) is 12.1 Å². The maximum absolute atomic E-state index is 11.4. The zero-order chi connectivity index (χ0) is 11.1. The van der Waals surface area contributed by atoms with Crippen LogP contribution in [0.4, 0.5) is 0 Å². The van der Waals surface area contributed by atoms with Crippen molar-refractivity contribution in [2.24, 2.45) is 0 Å². The first-order chi connectivity index (χ1) is 7.20.